The molecule has 1 rings (SSSR count). The molecule has 0 amide bonds. The molecule has 1 aromatic carbocycles. The van der Waals surface area contributed by atoms with Crippen molar-refractivity contribution in [2.75, 3.05) is 6.61 Å². The quantitative estimate of drug-likeness (QED) is 0.760. The van der Waals surface area contributed by atoms with Gasteiger partial charge in [0, 0.05) is 5.41 Å². The van der Waals surface area contributed by atoms with E-state index in [1.54, 1.807) is 0 Å². The molecule has 0 spiro atoms. The van der Waals surface area contributed by atoms with Gasteiger partial charge in [-0.25, -0.2) is 0 Å². The molecule has 0 saturated carbocycles. The van der Waals surface area contributed by atoms with Crippen LogP contribution in [0.4, 0.5) is 0 Å². The lowest BCUT2D eigenvalue weighted by atomic mass is 9.79. The standard InChI is InChI=1S/C13H20O/c1-3-4-10-13(2,11-14)12-8-6-5-7-9-12/h5-9,14H,3-4,10-11H2,1-2H3/t13-/m1/s1. The van der Waals surface area contributed by atoms with Crippen molar-refractivity contribution < 1.29 is 5.11 Å². The highest BCUT2D eigenvalue weighted by molar-refractivity contribution is 5.24. The van der Waals surface area contributed by atoms with Crippen LogP contribution in [-0.4, -0.2) is 11.7 Å². The van der Waals surface area contributed by atoms with Crippen LogP contribution in [0.1, 0.15) is 38.7 Å². The lowest BCUT2D eigenvalue weighted by Gasteiger charge is -2.27. The van der Waals surface area contributed by atoms with E-state index >= 15 is 0 Å². The molecule has 0 fully saturated rings. The summed E-state index contributed by atoms with van der Waals surface area (Å²) >= 11 is 0. The second-order valence-corrected chi connectivity index (χ2v) is 4.19. The highest BCUT2D eigenvalue weighted by Gasteiger charge is 2.24. The molecule has 14 heavy (non-hydrogen) atoms. The first-order chi connectivity index (χ1) is 6.73. The van der Waals surface area contributed by atoms with E-state index in [1.807, 2.05) is 18.2 Å². The molecule has 0 aromatic heterocycles. The van der Waals surface area contributed by atoms with Crippen molar-refractivity contribution in [2.24, 2.45) is 0 Å². The molecule has 0 heterocycles. The summed E-state index contributed by atoms with van der Waals surface area (Å²) in [5.74, 6) is 0. The zero-order valence-electron chi connectivity index (χ0n) is 9.16. The molecular formula is C13H20O. The van der Waals surface area contributed by atoms with E-state index in [-0.39, 0.29) is 12.0 Å². The lowest BCUT2D eigenvalue weighted by Crippen LogP contribution is -2.26. The number of aliphatic hydroxyl groups is 1. The Balaban J connectivity index is 2.79. The van der Waals surface area contributed by atoms with Gasteiger partial charge in [0.25, 0.3) is 0 Å². The van der Waals surface area contributed by atoms with Gasteiger partial charge in [0.1, 0.15) is 0 Å². The van der Waals surface area contributed by atoms with Crippen molar-refractivity contribution in [3.8, 4) is 0 Å². The van der Waals surface area contributed by atoms with Gasteiger partial charge in [-0.2, -0.15) is 0 Å². The molecular weight excluding hydrogens is 172 g/mol. The zero-order chi connectivity index (χ0) is 10.4. The second-order valence-electron chi connectivity index (χ2n) is 4.19. The minimum atomic E-state index is -0.0583. The molecule has 1 atom stereocenters. The number of hydrogen-bond acceptors (Lipinski definition) is 1. The van der Waals surface area contributed by atoms with Gasteiger partial charge in [-0.3, -0.25) is 0 Å². The Kier molecular flexibility index (Phi) is 4.15. The predicted octanol–water partition coefficient (Wildman–Crippen LogP) is 3.13. The molecule has 0 aliphatic heterocycles. The Morgan fingerprint density at radius 1 is 1.21 bits per heavy atom. The molecule has 0 bridgehead atoms. The topological polar surface area (TPSA) is 20.2 Å². The summed E-state index contributed by atoms with van der Waals surface area (Å²) < 4.78 is 0. The van der Waals surface area contributed by atoms with Gasteiger partial charge in [0.05, 0.1) is 6.61 Å². The van der Waals surface area contributed by atoms with E-state index < -0.39 is 0 Å². The van der Waals surface area contributed by atoms with Crippen LogP contribution in [0, 0.1) is 0 Å². The molecule has 0 aliphatic rings. The number of rotatable bonds is 5. The zero-order valence-corrected chi connectivity index (χ0v) is 9.16. The Morgan fingerprint density at radius 2 is 1.86 bits per heavy atom. The number of benzene rings is 1. The summed E-state index contributed by atoms with van der Waals surface area (Å²) in [5, 5.41) is 9.47. The van der Waals surface area contributed by atoms with E-state index in [9.17, 15) is 5.11 Å². The Bertz CT molecular complexity index is 255. The summed E-state index contributed by atoms with van der Waals surface area (Å²) in [4.78, 5) is 0. The molecule has 1 aromatic rings. The summed E-state index contributed by atoms with van der Waals surface area (Å²) in [5.41, 5.74) is 1.19. The number of unbranched alkanes of at least 4 members (excludes halogenated alkanes) is 1. The second kappa shape index (κ2) is 5.16. The van der Waals surface area contributed by atoms with Crippen LogP contribution in [0.3, 0.4) is 0 Å². The van der Waals surface area contributed by atoms with Crippen molar-refractivity contribution >= 4 is 0 Å². The highest BCUT2D eigenvalue weighted by atomic mass is 16.3. The molecule has 78 valence electrons. The van der Waals surface area contributed by atoms with Crippen LogP contribution < -0.4 is 0 Å². The Labute approximate surface area is 86.8 Å². The monoisotopic (exact) mass is 192 g/mol. The lowest BCUT2D eigenvalue weighted by molar-refractivity contribution is 0.194. The largest absolute Gasteiger partial charge is 0.395 e. The van der Waals surface area contributed by atoms with Gasteiger partial charge in [-0.1, -0.05) is 57.0 Å². The Morgan fingerprint density at radius 3 is 2.36 bits per heavy atom. The summed E-state index contributed by atoms with van der Waals surface area (Å²) in [7, 11) is 0. The van der Waals surface area contributed by atoms with Crippen LogP contribution in [0.5, 0.6) is 0 Å². The summed E-state index contributed by atoms with van der Waals surface area (Å²) in [6, 6.07) is 10.3. The van der Waals surface area contributed by atoms with E-state index in [1.165, 1.54) is 18.4 Å². The normalized spacial score (nSPS) is 15.1. The molecule has 1 nitrogen and oxygen atoms in total. The van der Waals surface area contributed by atoms with Gasteiger partial charge < -0.3 is 5.11 Å². The van der Waals surface area contributed by atoms with Crippen molar-refractivity contribution in [3.05, 3.63) is 35.9 Å². The van der Waals surface area contributed by atoms with E-state index in [0.29, 0.717) is 0 Å². The third-order valence-electron chi connectivity index (χ3n) is 2.90. The van der Waals surface area contributed by atoms with E-state index in [0.717, 1.165) is 6.42 Å². The minimum Gasteiger partial charge on any atom is -0.395 e. The maximum absolute atomic E-state index is 9.47. The van der Waals surface area contributed by atoms with E-state index in [4.69, 9.17) is 0 Å². The average Bonchev–Trinajstić information content (AvgIpc) is 2.27. The summed E-state index contributed by atoms with van der Waals surface area (Å²) in [6.07, 6.45) is 3.42. The predicted molar refractivity (Wildman–Crippen MR) is 60.4 cm³/mol. The van der Waals surface area contributed by atoms with Gasteiger partial charge >= 0.3 is 0 Å². The minimum absolute atomic E-state index is 0.0583. The SMILES string of the molecule is CCCC[C@](C)(CO)c1ccccc1. The molecule has 0 saturated heterocycles. The maximum atomic E-state index is 9.47. The first-order valence-electron chi connectivity index (χ1n) is 5.39. The van der Waals surface area contributed by atoms with Crippen LogP contribution in [-0.2, 0) is 5.41 Å². The Hall–Kier alpha value is -0.820. The fourth-order valence-electron chi connectivity index (χ4n) is 1.72. The molecule has 0 aliphatic carbocycles. The van der Waals surface area contributed by atoms with Gasteiger partial charge in [-0.15, -0.1) is 0 Å². The fraction of sp³-hybridized carbons (Fsp3) is 0.538. The van der Waals surface area contributed by atoms with Crippen LogP contribution in [0.15, 0.2) is 30.3 Å². The van der Waals surface area contributed by atoms with Crippen LogP contribution in [0.25, 0.3) is 0 Å². The fourth-order valence-corrected chi connectivity index (χ4v) is 1.72. The molecule has 1 heteroatoms. The van der Waals surface area contributed by atoms with Crippen molar-refractivity contribution in [2.45, 2.75) is 38.5 Å². The van der Waals surface area contributed by atoms with Gasteiger partial charge in [0.15, 0.2) is 0 Å². The van der Waals surface area contributed by atoms with Crippen molar-refractivity contribution in [1.82, 2.24) is 0 Å². The van der Waals surface area contributed by atoms with E-state index in [2.05, 4.69) is 26.0 Å². The van der Waals surface area contributed by atoms with Crippen LogP contribution >= 0.6 is 0 Å². The summed E-state index contributed by atoms with van der Waals surface area (Å²) in [6.45, 7) is 4.55. The van der Waals surface area contributed by atoms with Gasteiger partial charge in [-0.05, 0) is 12.0 Å². The van der Waals surface area contributed by atoms with Gasteiger partial charge in [0.2, 0.25) is 0 Å². The van der Waals surface area contributed by atoms with Crippen LogP contribution in [0.2, 0.25) is 0 Å². The van der Waals surface area contributed by atoms with Crippen molar-refractivity contribution in [3.63, 3.8) is 0 Å². The smallest absolute Gasteiger partial charge is 0.0525 e. The number of aliphatic hydroxyl groups excluding tert-OH is 1. The molecule has 0 radical (unpaired) electrons. The van der Waals surface area contributed by atoms with Crippen molar-refractivity contribution in [1.29, 1.82) is 0 Å². The third kappa shape index (κ3) is 2.58. The first kappa shape index (κ1) is 11.3. The first-order valence-corrected chi connectivity index (χ1v) is 5.39. The molecule has 1 N–H and O–H groups in total. The average molecular weight is 192 g/mol. The number of hydrogen-bond donors (Lipinski definition) is 1. The maximum Gasteiger partial charge on any atom is 0.0525 e. The highest BCUT2D eigenvalue weighted by Crippen LogP contribution is 2.28. The molecule has 0 unspecified atom stereocenters. The third-order valence-corrected chi connectivity index (χ3v) is 2.90.